The molecule has 0 amide bonds. The van der Waals surface area contributed by atoms with Crippen LogP contribution in [-0.4, -0.2) is 25.8 Å². The Morgan fingerprint density at radius 1 is 0.947 bits per heavy atom. The van der Waals surface area contributed by atoms with Gasteiger partial charge in [-0.05, 0) is 33.3 Å². The van der Waals surface area contributed by atoms with Crippen molar-refractivity contribution >= 4 is 0 Å². The molecule has 1 aromatic rings. The minimum absolute atomic E-state index is 0.472. The van der Waals surface area contributed by atoms with Crippen LogP contribution < -0.4 is 5.73 Å². The molecule has 0 radical (unpaired) electrons. The second-order valence-electron chi connectivity index (χ2n) is 4.29. The quantitative estimate of drug-likeness (QED) is 0.736. The van der Waals surface area contributed by atoms with Gasteiger partial charge < -0.3 is 19.9 Å². The third-order valence-corrected chi connectivity index (χ3v) is 2.85. The third kappa shape index (κ3) is 4.01. The molecule has 0 aromatic heterocycles. The van der Waals surface area contributed by atoms with Crippen LogP contribution in [0.5, 0.6) is 0 Å². The molecule has 0 heterocycles. The van der Waals surface area contributed by atoms with Crippen molar-refractivity contribution < 1.29 is 14.2 Å². The topological polar surface area (TPSA) is 53.7 Å². The van der Waals surface area contributed by atoms with E-state index in [0.717, 1.165) is 5.56 Å². The Balaban J connectivity index is 3.03. The monoisotopic (exact) mass is 267 g/mol. The summed E-state index contributed by atoms with van der Waals surface area (Å²) in [5.74, 6) is -1.21. The molecular weight excluding hydrogens is 242 g/mol. The Morgan fingerprint density at radius 3 is 1.74 bits per heavy atom. The molecule has 1 unspecified atom stereocenters. The van der Waals surface area contributed by atoms with Gasteiger partial charge in [-0.15, -0.1) is 0 Å². The van der Waals surface area contributed by atoms with E-state index in [2.05, 4.69) is 0 Å². The van der Waals surface area contributed by atoms with E-state index in [9.17, 15) is 0 Å². The standard InChI is InChI=1S/C15H25NO3/c1-5-17-15(18-6-2,19-7-3)14(16)13-10-8-12(4)9-11-13/h8-11,14H,5-7,16H2,1-4H3. The Kier molecular flexibility index (Phi) is 6.45. The Morgan fingerprint density at radius 2 is 1.37 bits per heavy atom. The fourth-order valence-corrected chi connectivity index (χ4v) is 1.98. The van der Waals surface area contributed by atoms with Gasteiger partial charge in [0.25, 0.3) is 0 Å². The van der Waals surface area contributed by atoms with Gasteiger partial charge >= 0.3 is 5.97 Å². The second kappa shape index (κ2) is 7.60. The summed E-state index contributed by atoms with van der Waals surface area (Å²) in [4.78, 5) is 0. The molecule has 0 bridgehead atoms. The van der Waals surface area contributed by atoms with E-state index < -0.39 is 12.0 Å². The molecule has 0 aliphatic heterocycles. The first-order valence-electron chi connectivity index (χ1n) is 6.83. The minimum atomic E-state index is -1.21. The summed E-state index contributed by atoms with van der Waals surface area (Å²) >= 11 is 0. The molecule has 0 saturated heterocycles. The lowest BCUT2D eigenvalue weighted by Crippen LogP contribution is -2.49. The predicted molar refractivity (Wildman–Crippen MR) is 75.7 cm³/mol. The summed E-state index contributed by atoms with van der Waals surface area (Å²) in [6.45, 7) is 9.15. The van der Waals surface area contributed by atoms with Gasteiger partial charge in [0, 0.05) is 19.8 Å². The predicted octanol–water partition coefficient (Wildman–Crippen LogP) is 2.76. The van der Waals surface area contributed by atoms with Crippen LogP contribution in [0.2, 0.25) is 0 Å². The molecule has 19 heavy (non-hydrogen) atoms. The van der Waals surface area contributed by atoms with Crippen molar-refractivity contribution in [3.63, 3.8) is 0 Å². The molecule has 0 aliphatic carbocycles. The first kappa shape index (κ1) is 16.1. The zero-order valence-electron chi connectivity index (χ0n) is 12.3. The molecular formula is C15H25NO3. The molecule has 4 nitrogen and oxygen atoms in total. The molecule has 1 atom stereocenters. The molecule has 108 valence electrons. The van der Waals surface area contributed by atoms with Crippen molar-refractivity contribution in [2.75, 3.05) is 19.8 Å². The molecule has 0 spiro atoms. The summed E-state index contributed by atoms with van der Waals surface area (Å²) in [6, 6.07) is 7.50. The van der Waals surface area contributed by atoms with Crippen molar-refractivity contribution in [1.29, 1.82) is 0 Å². The normalized spacial score (nSPS) is 13.5. The van der Waals surface area contributed by atoms with Crippen molar-refractivity contribution in [2.24, 2.45) is 5.73 Å². The van der Waals surface area contributed by atoms with Gasteiger partial charge in [-0.2, -0.15) is 0 Å². The Labute approximate surface area is 115 Å². The summed E-state index contributed by atoms with van der Waals surface area (Å²) in [5, 5.41) is 0. The van der Waals surface area contributed by atoms with E-state index >= 15 is 0 Å². The van der Waals surface area contributed by atoms with Crippen molar-refractivity contribution in [3.8, 4) is 0 Å². The van der Waals surface area contributed by atoms with Crippen molar-refractivity contribution in [3.05, 3.63) is 35.4 Å². The Hall–Kier alpha value is -0.940. The zero-order valence-corrected chi connectivity index (χ0v) is 12.3. The average Bonchev–Trinajstić information content (AvgIpc) is 2.39. The number of aryl methyl sites for hydroxylation is 1. The number of benzene rings is 1. The van der Waals surface area contributed by atoms with Crippen LogP contribution in [0.25, 0.3) is 0 Å². The van der Waals surface area contributed by atoms with Crippen molar-refractivity contribution in [1.82, 2.24) is 0 Å². The minimum Gasteiger partial charge on any atom is -0.326 e. The molecule has 1 aromatic carbocycles. The highest BCUT2D eigenvalue weighted by Crippen LogP contribution is 2.30. The van der Waals surface area contributed by atoms with Crippen LogP contribution in [0.1, 0.15) is 37.9 Å². The summed E-state index contributed by atoms with van der Waals surface area (Å²) in [7, 11) is 0. The van der Waals surface area contributed by atoms with Crippen LogP contribution in [0.15, 0.2) is 24.3 Å². The number of hydrogen-bond donors (Lipinski definition) is 1. The lowest BCUT2D eigenvalue weighted by molar-refractivity contribution is -0.388. The van der Waals surface area contributed by atoms with Gasteiger partial charge in [0.2, 0.25) is 0 Å². The maximum atomic E-state index is 6.31. The Bertz CT molecular complexity index is 347. The van der Waals surface area contributed by atoms with E-state index in [-0.39, 0.29) is 0 Å². The third-order valence-electron chi connectivity index (χ3n) is 2.85. The summed E-state index contributed by atoms with van der Waals surface area (Å²) in [5.41, 5.74) is 8.42. The SMILES string of the molecule is CCOC(OCC)(OCC)C(N)c1ccc(C)cc1. The van der Waals surface area contributed by atoms with Crippen LogP contribution in [0.3, 0.4) is 0 Å². The largest absolute Gasteiger partial charge is 0.326 e. The van der Waals surface area contributed by atoms with Gasteiger partial charge in [0.05, 0.1) is 0 Å². The molecule has 2 N–H and O–H groups in total. The van der Waals surface area contributed by atoms with Gasteiger partial charge in [0.1, 0.15) is 6.04 Å². The van der Waals surface area contributed by atoms with Gasteiger partial charge in [0.15, 0.2) is 0 Å². The van der Waals surface area contributed by atoms with E-state index in [4.69, 9.17) is 19.9 Å². The first-order chi connectivity index (χ1) is 9.09. The number of rotatable bonds is 8. The highest BCUT2D eigenvalue weighted by molar-refractivity contribution is 5.24. The molecule has 0 saturated carbocycles. The smallest absolute Gasteiger partial charge is 0.303 e. The van der Waals surface area contributed by atoms with Crippen LogP contribution >= 0.6 is 0 Å². The average molecular weight is 267 g/mol. The lowest BCUT2D eigenvalue weighted by atomic mass is 10.0. The summed E-state index contributed by atoms with van der Waals surface area (Å²) in [6.07, 6.45) is 0. The molecule has 1 rings (SSSR count). The van der Waals surface area contributed by atoms with Gasteiger partial charge in [-0.25, -0.2) is 0 Å². The van der Waals surface area contributed by atoms with Gasteiger partial charge in [-0.1, -0.05) is 29.8 Å². The maximum Gasteiger partial charge on any atom is 0.303 e. The highest BCUT2D eigenvalue weighted by atomic mass is 16.9. The molecule has 0 fully saturated rings. The lowest BCUT2D eigenvalue weighted by Gasteiger charge is -2.37. The number of ether oxygens (including phenoxy) is 3. The van der Waals surface area contributed by atoms with E-state index in [0.29, 0.717) is 19.8 Å². The van der Waals surface area contributed by atoms with Gasteiger partial charge in [-0.3, -0.25) is 0 Å². The highest BCUT2D eigenvalue weighted by Gasteiger charge is 2.41. The molecule has 4 heteroatoms. The van der Waals surface area contributed by atoms with E-state index in [1.807, 2.05) is 52.0 Å². The number of nitrogens with two attached hydrogens (primary N) is 1. The number of hydrogen-bond acceptors (Lipinski definition) is 4. The second-order valence-corrected chi connectivity index (χ2v) is 4.29. The maximum absolute atomic E-state index is 6.31. The molecule has 0 aliphatic rings. The zero-order chi connectivity index (χ0) is 14.3. The van der Waals surface area contributed by atoms with E-state index in [1.165, 1.54) is 5.56 Å². The van der Waals surface area contributed by atoms with E-state index in [1.54, 1.807) is 0 Å². The fourth-order valence-electron chi connectivity index (χ4n) is 1.98. The van der Waals surface area contributed by atoms with Crippen LogP contribution in [-0.2, 0) is 14.2 Å². The first-order valence-corrected chi connectivity index (χ1v) is 6.83. The van der Waals surface area contributed by atoms with Crippen LogP contribution in [0, 0.1) is 6.92 Å². The van der Waals surface area contributed by atoms with Crippen LogP contribution in [0.4, 0.5) is 0 Å². The fraction of sp³-hybridized carbons (Fsp3) is 0.600. The summed E-state index contributed by atoms with van der Waals surface area (Å²) < 4.78 is 17.1. The van der Waals surface area contributed by atoms with Crippen molar-refractivity contribution in [2.45, 2.75) is 39.7 Å².